The van der Waals surface area contributed by atoms with Crippen LogP contribution in [0.15, 0.2) is 30.3 Å². The smallest absolute Gasteiger partial charge is 0.151 e. The Kier molecular flexibility index (Phi) is 4.66. The molecule has 5 nitrogen and oxygen atoms in total. The maximum atomic E-state index is 11.6. The summed E-state index contributed by atoms with van der Waals surface area (Å²) < 4.78 is 24.5. The fourth-order valence-corrected chi connectivity index (χ4v) is 2.85. The molecule has 0 amide bonds. The summed E-state index contributed by atoms with van der Waals surface area (Å²) in [5.74, 6) is 0.0204. The van der Waals surface area contributed by atoms with E-state index in [9.17, 15) is 13.7 Å². The van der Waals surface area contributed by atoms with Crippen LogP contribution in [0.1, 0.15) is 12.5 Å². The van der Waals surface area contributed by atoms with Crippen LogP contribution in [-0.4, -0.2) is 29.7 Å². The lowest BCUT2D eigenvalue weighted by Gasteiger charge is -2.03. The number of nitrogens with zero attached hydrogens (tertiary/aromatic N) is 3. The lowest BCUT2D eigenvalue weighted by atomic mass is 10.1. The molecule has 0 saturated carbocycles. The Bertz CT molecular complexity index is 777. The lowest BCUT2D eigenvalue weighted by molar-refractivity contribution is 0.582. The fraction of sp³-hybridized carbons (Fsp3) is 0.286. The van der Waals surface area contributed by atoms with E-state index in [0.717, 1.165) is 5.56 Å². The number of aromatic nitrogens is 2. The van der Waals surface area contributed by atoms with Gasteiger partial charge in [-0.15, -0.1) is 0 Å². The Balaban J connectivity index is 2.38. The molecule has 7 heteroatoms. The van der Waals surface area contributed by atoms with E-state index in [4.69, 9.17) is 11.6 Å². The van der Waals surface area contributed by atoms with Crippen molar-refractivity contribution >= 4 is 21.4 Å². The number of benzene rings is 1. The molecule has 0 aliphatic rings. The second-order valence-corrected chi connectivity index (χ2v) is 7.28. The van der Waals surface area contributed by atoms with Crippen molar-refractivity contribution in [3.8, 4) is 17.3 Å². The van der Waals surface area contributed by atoms with E-state index in [2.05, 4.69) is 5.10 Å². The molecule has 0 aliphatic heterocycles. The molecule has 0 atom stereocenters. The number of hydrogen-bond donors (Lipinski definition) is 0. The summed E-state index contributed by atoms with van der Waals surface area (Å²) in [6.45, 7) is 1.73. The van der Waals surface area contributed by atoms with Gasteiger partial charge in [0, 0.05) is 11.3 Å². The Morgan fingerprint density at radius 1 is 1.33 bits per heavy atom. The largest absolute Gasteiger partial charge is 0.251 e. The molecule has 0 radical (unpaired) electrons. The summed E-state index contributed by atoms with van der Waals surface area (Å²) in [5, 5.41) is 13.7. The molecular formula is C14H14ClN3O2S. The highest BCUT2D eigenvalue weighted by Gasteiger charge is 2.18. The predicted molar refractivity (Wildman–Crippen MR) is 81.7 cm³/mol. The van der Waals surface area contributed by atoms with Gasteiger partial charge in [0.25, 0.3) is 0 Å². The fourth-order valence-electron chi connectivity index (χ4n) is 1.86. The van der Waals surface area contributed by atoms with Crippen molar-refractivity contribution in [2.24, 2.45) is 0 Å². The molecule has 1 aromatic carbocycles. The van der Waals surface area contributed by atoms with Gasteiger partial charge in [0.2, 0.25) is 0 Å². The summed E-state index contributed by atoms with van der Waals surface area (Å²) in [5.41, 5.74) is 1.50. The average Bonchev–Trinajstić information content (AvgIpc) is 2.82. The van der Waals surface area contributed by atoms with Crippen molar-refractivity contribution in [3.63, 3.8) is 0 Å². The molecule has 0 saturated heterocycles. The van der Waals surface area contributed by atoms with Crippen LogP contribution in [-0.2, 0) is 16.4 Å². The summed E-state index contributed by atoms with van der Waals surface area (Å²) in [7, 11) is -3.11. The standard InChI is InChI=1S/C14H14ClN3O2S/c1-2-21(19,20)9-8-18-14(15)12(10-16)13(17-18)11-6-4-3-5-7-11/h3-7H,2,8-9H2,1H3. The Hall–Kier alpha value is -1.84. The molecule has 0 N–H and O–H groups in total. The van der Waals surface area contributed by atoms with Crippen LogP contribution in [0.4, 0.5) is 0 Å². The van der Waals surface area contributed by atoms with Crippen molar-refractivity contribution < 1.29 is 8.42 Å². The second kappa shape index (κ2) is 6.29. The number of sulfone groups is 1. The minimum absolute atomic E-state index is 0.0516. The first kappa shape index (κ1) is 15.5. The van der Waals surface area contributed by atoms with Crippen LogP contribution in [0.5, 0.6) is 0 Å². The van der Waals surface area contributed by atoms with E-state index in [-0.39, 0.29) is 28.8 Å². The predicted octanol–water partition coefficient (Wildman–Crippen LogP) is 2.51. The SMILES string of the molecule is CCS(=O)(=O)CCn1nc(-c2ccccc2)c(C#N)c1Cl. The third-order valence-corrected chi connectivity index (χ3v) is 5.17. The van der Waals surface area contributed by atoms with E-state index in [1.165, 1.54) is 4.68 Å². The maximum Gasteiger partial charge on any atom is 0.151 e. The van der Waals surface area contributed by atoms with Gasteiger partial charge in [0.15, 0.2) is 9.84 Å². The van der Waals surface area contributed by atoms with Gasteiger partial charge < -0.3 is 0 Å². The van der Waals surface area contributed by atoms with Crippen molar-refractivity contribution in [1.82, 2.24) is 9.78 Å². The highest BCUT2D eigenvalue weighted by molar-refractivity contribution is 7.91. The van der Waals surface area contributed by atoms with Gasteiger partial charge in [-0.2, -0.15) is 10.4 Å². The molecule has 0 unspecified atom stereocenters. The summed E-state index contributed by atoms with van der Waals surface area (Å²) in [6, 6.07) is 11.2. The number of aryl methyl sites for hydroxylation is 1. The van der Waals surface area contributed by atoms with E-state index < -0.39 is 9.84 Å². The van der Waals surface area contributed by atoms with E-state index in [1.807, 2.05) is 36.4 Å². The van der Waals surface area contributed by atoms with Gasteiger partial charge in [-0.3, -0.25) is 4.68 Å². The van der Waals surface area contributed by atoms with Gasteiger partial charge in [0.05, 0.1) is 12.3 Å². The van der Waals surface area contributed by atoms with Crippen LogP contribution >= 0.6 is 11.6 Å². The molecule has 21 heavy (non-hydrogen) atoms. The Morgan fingerprint density at radius 2 is 2.00 bits per heavy atom. The molecule has 1 heterocycles. The minimum Gasteiger partial charge on any atom is -0.251 e. The molecule has 0 spiro atoms. The van der Waals surface area contributed by atoms with Gasteiger partial charge in [0.1, 0.15) is 22.5 Å². The average molecular weight is 324 g/mol. The molecule has 0 fully saturated rings. The van der Waals surface area contributed by atoms with E-state index in [1.54, 1.807) is 6.92 Å². The Morgan fingerprint density at radius 3 is 2.57 bits per heavy atom. The monoisotopic (exact) mass is 323 g/mol. The van der Waals surface area contributed by atoms with Crippen molar-refractivity contribution in [1.29, 1.82) is 5.26 Å². The van der Waals surface area contributed by atoms with Crippen molar-refractivity contribution in [2.45, 2.75) is 13.5 Å². The lowest BCUT2D eigenvalue weighted by Crippen LogP contribution is -2.15. The summed E-state index contributed by atoms with van der Waals surface area (Å²) >= 11 is 6.13. The molecular weight excluding hydrogens is 310 g/mol. The number of nitriles is 1. The number of halogens is 1. The van der Waals surface area contributed by atoms with Crippen LogP contribution in [0, 0.1) is 11.3 Å². The van der Waals surface area contributed by atoms with Crippen LogP contribution in [0.2, 0.25) is 5.15 Å². The summed E-state index contributed by atoms with van der Waals surface area (Å²) in [6.07, 6.45) is 0. The maximum absolute atomic E-state index is 11.6. The first-order valence-corrected chi connectivity index (χ1v) is 8.60. The third-order valence-electron chi connectivity index (χ3n) is 3.10. The van der Waals surface area contributed by atoms with E-state index >= 15 is 0 Å². The van der Waals surface area contributed by atoms with Crippen LogP contribution in [0.3, 0.4) is 0 Å². The van der Waals surface area contributed by atoms with Gasteiger partial charge in [-0.1, -0.05) is 48.9 Å². The zero-order valence-electron chi connectivity index (χ0n) is 11.5. The minimum atomic E-state index is -3.11. The number of rotatable bonds is 5. The zero-order chi connectivity index (χ0) is 15.5. The number of hydrogen-bond acceptors (Lipinski definition) is 4. The summed E-state index contributed by atoms with van der Waals surface area (Å²) in [4.78, 5) is 0. The normalized spacial score (nSPS) is 11.3. The van der Waals surface area contributed by atoms with Crippen LogP contribution in [0.25, 0.3) is 11.3 Å². The molecule has 0 bridgehead atoms. The van der Waals surface area contributed by atoms with Gasteiger partial charge >= 0.3 is 0 Å². The van der Waals surface area contributed by atoms with E-state index in [0.29, 0.717) is 5.69 Å². The Labute approximate surface area is 128 Å². The van der Waals surface area contributed by atoms with Crippen LogP contribution < -0.4 is 0 Å². The third kappa shape index (κ3) is 3.43. The van der Waals surface area contributed by atoms with Gasteiger partial charge in [-0.05, 0) is 0 Å². The quantitative estimate of drug-likeness (QED) is 0.847. The molecule has 110 valence electrons. The van der Waals surface area contributed by atoms with Crippen molar-refractivity contribution in [2.75, 3.05) is 11.5 Å². The molecule has 2 rings (SSSR count). The zero-order valence-corrected chi connectivity index (χ0v) is 13.0. The first-order valence-electron chi connectivity index (χ1n) is 6.40. The highest BCUT2D eigenvalue weighted by Crippen LogP contribution is 2.27. The highest BCUT2D eigenvalue weighted by atomic mass is 35.5. The topological polar surface area (TPSA) is 75.8 Å². The van der Waals surface area contributed by atoms with Crippen molar-refractivity contribution in [3.05, 3.63) is 41.0 Å². The second-order valence-electron chi connectivity index (χ2n) is 4.45. The molecule has 2 aromatic rings. The van der Waals surface area contributed by atoms with Gasteiger partial charge in [-0.25, -0.2) is 8.42 Å². The molecule has 0 aliphatic carbocycles. The molecule has 1 aromatic heterocycles. The first-order chi connectivity index (χ1) is 9.98.